The van der Waals surface area contributed by atoms with Crippen molar-refractivity contribution in [1.82, 2.24) is 4.31 Å². The molecule has 0 aliphatic heterocycles. The first-order valence-corrected chi connectivity index (χ1v) is 10.8. The first-order valence-electron chi connectivity index (χ1n) is 7.69. The molecule has 0 fully saturated rings. The van der Waals surface area contributed by atoms with Crippen molar-refractivity contribution in [2.75, 3.05) is 24.6 Å². The molecule has 0 unspecified atom stereocenters. The summed E-state index contributed by atoms with van der Waals surface area (Å²) >= 11 is 0. The van der Waals surface area contributed by atoms with Crippen LogP contribution in [0.5, 0.6) is 0 Å². The number of rotatable bonds is 7. The van der Waals surface area contributed by atoms with E-state index in [1.165, 1.54) is 26.2 Å². The Morgan fingerprint density at radius 3 is 2.16 bits per heavy atom. The highest BCUT2D eigenvalue weighted by Crippen LogP contribution is 2.16. The molecule has 8 heteroatoms. The van der Waals surface area contributed by atoms with Gasteiger partial charge in [0.1, 0.15) is 0 Å². The highest BCUT2D eigenvalue weighted by atomic mass is 32.2. The maximum absolute atomic E-state index is 12.2. The van der Waals surface area contributed by atoms with Crippen LogP contribution in [0.1, 0.15) is 11.1 Å². The Labute approximate surface area is 149 Å². The monoisotopic (exact) mass is 382 g/mol. The van der Waals surface area contributed by atoms with E-state index in [0.29, 0.717) is 12.1 Å². The Bertz CT molecular complexity index is 935. The van der Waals surface area contributed by atoms with E-state index in [0.717, 1.165) is 15.4 Å². The van der Waals surface area contributed by atoms with E-state index in [1.54, 1.807) is 30.3 Å². The molecule has 1 N–H and O–H groups in total. The van der Waals surface area contributed by atoms with Gasteiger partial charge in [0.25, 0.3) is 0 Å². The number of hydrogen-bond donors (Lipinski definition) is 1. The lowest BCUT2D eigenvalue weighted by atomic mass is 10.2. The summed E-state index contributed by atoms with van der Waals surface area (Å²) in [4.78, 5) is 0.182. The minimum absolute atomic E-state index is 0.0826. The van der Waals surface area contributed by atoms with E-state index in [2.05, 4.69) is 4.72 Å². The quantitative estimate of drug-likeness (QED) is 0.796. The third-order valence-electron chi connectivity index (χ3n) is 3.65. The molecule has 0 bridgehead atoms. The van der Waals surface area contributed by atoms with Crippen LogP contribution >= 0.6 is 0 Å². The lowest BCUT2D eigenvalue weighted by Crippen LogP contribution is -2.22. The van der Waals surface area contributed by atoms with Gasteiger partial charge in [-0.25, -0.2) is 21.1 Å². The number of nitrogens with one attached hydrogen (secondary N) is 1. The molecule has 2 rings (SSSR count). The summed E-state index contributed by atoms with van der Waals surface area (Å²) in [7, 11) is -4.03. The zero-order valence-electron chi connectivity index (χ0n) is 14.4. The Morgan fingerprint density at radius 2 is 1.60 bits per heavy atom. The minimum Gasteiger partial charge on any atom is -0.284 e. The lowest BCUT2D eigenvalue weighted by molar-refractivity contribution is 0.520. The maximum Gasteiger partial charge on any atom is 0.242 e. The highest BCUT2D eigenvalue weighted by molar-refractivity contribution is 7.92. The summed E-state index contributed by atoms with van der Waals surface area (Å²) in [5.74, 6) is -0.0826. The van der Waals surface area contributed by atoms with Crippen LogP contribution in [0.15, 0.2) is 53.4 Å². The SMILES string of the molecule is Cc1cccc(NS(=O)(=O)CCc2ccc(S(=O)(=O)N(C)C)cc2)c1. The molecule has 0 aromatic heterocycles. The Balaban J connectivity index is 2.03. The van der Waals surface area contributed by atoms with Crippen molar-refractivity contribution < 1.29 is 16.8 Å². The molecule has 0 heterocycles. The second kappa shape index (κ2) is 7.55. The molecule has 0 radical (unpaired) electrons. The van der Waals surface area contributed by atoms with Gasteiger partial charge in [0.2, 0.25) is 20.0 Å². The second-order valence-corrected chi connectivity index (χ2v) is 9.97. The molecule has 6 nitrogen and oxygen atoms in total. The molecule has 0 saturated heterocycles. The Hall–Kier alpha value is -1.90. The molecule has 2 aromatic carbocycles. The normalized spacial score (nSPS) is 12.3. The molecular weight excluding hydrogens is 360 g/mol. The van der Waals surface area contributed by atoms with Gasteiger partial charge in [-0.15, -0.1) is 0 Å². The number of anilines is 1. The van der Waals surface area contributed by atoms with Crippen molar-refractivity contribution in [3.05, 3.63) is 59.7 Å². The van der Waals surface area contributed by atoms with Crippen LogP contribution in [-0.2, 0) is 26.5 Å². The maximum atomic E-state index is 12.2. The van der Waals surface area contributed by atoms with Gasteiger partial charge < -0.3 is 0 Å². The lowest BCUT2D eigenvalue weighted by Gasteiger charge is -2.12. The third kappa shape index (κ3) is 5.29. The molecule has 0 spiro atoms. The van der Waals surface area contributed by atoms with E-state index >= 15 is 0 Å². The molecule has 0 saturated carbocycles. The topological polar surface area (TPSA) is 83.5 Å². The van der Waals surface area contributed by atoms with E-state index < -0.39 is 20.0 Å². The largest absolute Gasteiger partial charge is 0.284 e. The molecule has 0 amide bonds. The standard InChI is InChI=1S/C17H22N2O4S2/c1-14-5-4-6-16(13-14)18-24(20,21)12-11-15-7-9-17(10-8-15)25(22,23)19(2)3/h4-10,13,18H,11-12H2,1-3H3. The van der Waals surface area contributed by atoms with Gasteiger partial charge in [-0.1, -0.05) is 24.3 Å². The number of hydrogen-bond acceptors (Lipinski definition) is 4. The first-order chi connectivity index (χ1) is 11.6. The van der Waals surface area contributed by atoms with Crippen molar-refractivity contribution in [3.63, 3.8) is 0 Å². The minimum atomic E-state index is -3.48. The van der Waals surface area contributed by atoms with Crippen LogP contribution in [0.3, 0.4) is 0 Å². The van der Waals surface area contributed by atoms with Crippen molar-refractivity contribution in [2.24, 2.45) is 0 Å². The number of aryl methyl sites for hydroxylation is 2. The molecule has 0 aliphatic rings. The van der Waals surface area contributed by atoms with Gasteiger partial charge in [0, 0.05) is 19.8 Å². The number of sulfonamides is 2. The summed E-state index contributed by atoms with van der Waals surface area (Å²) in [6.45, 7) is 1.89. The van der Waals surface area contributed by atoms with E-state index in [1.807, 2.05) is 13.0 Å². The third-order valence-corrected chi connectivity index (χ3v) is 6.77. The molecule has 0 aliphatic carbocycles. The van der Waals surface area contributed by atoms with E-state index in [9.17, 15) is 16.8 Å². The zero-order chi connectivity index (χ0) is 18.7. The summed E-state index contributed by atoms with van der Waals surface area (Å²) < 4.78 is 52.1. The van der Waals surface area contributed by atoms with Gasteiger partial charge in [0.15, 0.2) is 0 Å². The average Bonchev–Trinajstić information content (AvgIpc) is 2.53. The van der Waals surface area contributed by atoms with Crippen molar-refractivity contribution in [1.29, 1.82) is 0 Å². The van der Waals surface area contributed by atoms with Gasteiger partial charge >= 0.3 is 0 Å². The van der Waals surface area contributed by atoms with Crippen LogP contribution in [0.2, 0.25) is 0 Å². The fraction of sp³-hybridized carbons (Fsp3) is 0.294. The Morgan fingerprint density at radius 1 is 0.960 bits per heavy atom. The fourth-order valence-electron chi connectivity index (χ4n) is 2.23. The molecule has 25 heavy (non-hydrogen) atoms. The summed E-state index contributed by atoms with van der Waals surface area (Å²) in [5.41, 5.74) is 2.26. The van der Waals surface area contributed by atoms with Crippen molar-refractivity contribution in [2.45, 2.75) is 18.2 Å². The first kappa shape index (κ1) is 19.4. The van der Waals surface area contributed by atoms with Crippen LogP contribution in [0, 0.1) is 6.92 Å². The van der Waals surface area contributed by atoms with Crippen molar-refractivity contribution in [3.8, 4) is 0 Å². The zero-order valence-corrected chi connectivity index (χ0v) is 16.1. The van der Waals surface area contributed by atoms with Crippen LogP contribution in [0.25, 0.3) is 0 Å². The summed E-state index contributed by atoms with van der Waals surface area (Å²) in [6.07, 6.45) is 0.295. The predicted octanol–water partition coefficient (Wildman–Crippen LogP) is 2.23. The molecule has 136 valence electrons. The summed E-state index contributed by atoms with van der Waals surface area (Å²) in [5, 5.41) is 0. The fourth-order valence-corrected chi connectivity index (χ4v) is 4.22. The predicted molar refractivity (Wildman–Crippen MR) is 99.6 cm³/mol. The smallest absolute Gasteiger partial charge is 0.242 e. The van der Waals surface area contributed by atoms with Crippen LogP contribution < -0.4 is 4.72 Å². The molecule has 0 atom stereocenters. The molecular formula is C17H22N2O4S2. The van der Waals surface area contributed by atoms with E-state index in [-0.39, 0.29) is 10.6 Å². The summed E-state index contributed by atoms with van der Waals surface area (Å²) in [6, 6.07) is 13.4. The number of benzene rings is 2. The van der Waals surface area contributed by atoms with Crippen LogP contribution in [0.4, 0.5) is 5.69 Å². The van der Waals surface area contributed by atoms with Crippen molar-refractivity contribution >= 4 is 25.7 Å². The average molecular weight is 383 g/mol. The Kier molecular flexibility index (Phi) is 5.87. The van der Waals surface area contributed by atoms with Gasteiger partial charge in [-0.05, 0) is 48.7 Å². The second-order valence-electron chi connectivity index (χ2n) is 5.97. The number of nitrogens with zero attached hydrogens (tertiary/aromatic N) is 1. The van der Waals surface area contributed by atoms with E-state index in [4.69, 9.17) is 0 Å². The highest BCUT2D eigenvalue weighted by Gasteiger charge is 2.17. The van der Waals surface area contributed by atoms with Gasteiger partial charge in [0.05, 0.1) is 10.6 Å². The van der Waals surface area contributed by atoms with Crippen LogP contribution in [-0.4, -0.2) is 41.0 Å². The molecule has 2 aromatic rings. The van der Waals surface area contributed by atoms with Gasteiger partial charge in [-0.3, -0.25) is 4.72 Å². The van der Waals surface area contributed by atoms with Gasteiger partial charge in [-0.2, -0.15) is 0 Å².